The van der Waals surface area contributed by atoms with Crippen molar-refractivity contribution in [2.45, 2.75) is 25.8 Å². The predicted octanol–water partition coefficient (Wildman–Crippen LogP) is 2.35. The van der Waals surface area contributed by atoms with Crippen LogP contribution in [-0.4, -0.2) is 36.3 Å². The van der Waals surface area contributed by atoms with Gasteiger partial charge in [-0.05, 0) is 37.0 Å². The van der Waals surface area contributed by atoms with E-state index >= 15 is 0 Å². The van der Waals surface area contributed by atoms with Gasteiger partial charge in [0.2, 0.25) is 0 Å². The second-order valence-corrected chi connectivity index (χ2v) is 7.61. The molecule has 2 aromatic rings. The van der Waals surface area contributed by atoms with Crippen LogP contribution < -0.4 is 4.72 Å². The number of hydrogen-bond acceptors (Lipinski definition) is 3. The Morgan fingerprint density at radius 2 is 2.00 bits per heavy atom. The minimum atomic E-state index is -3.47. The van der Waals surface area contributed by atoms with Crippen LogP contribution in [-0.2, 0) is 23.2 Å². The fourth-order valence-electron chi connectivity index (χ4n) is 2.08. The quantitative estimate of drug-likeness (QED) is 0.677. The summed E-state index contributed by atoms with van der Waals surface area (Å²) < 4.78 is 28.3. The van der Waals surface area contributed by atoms with E-state index < -0.39 is 10.2 Å². The Morgan fingerprint density at radius 1 is 1.26 bits per heavy atom. The van der Waals surface area contributed by atoms with Gasteiger partial charge in [0.05, 0.1) is 6.33 Å². The Morgan fingerprint density at radius 3 is 2.65 bits per heavy atom. The largest absolute Gasteiger partial charge is 0.348 e. The lowest BCUT2D eigenvalue weighted by Gasteiger charge is -2.17. The molecule has 0 spiro atoms. The normalized spacial score (nSPS) is 12.0. The molecule has 0 saturated carbocycles. The number of nitrogens with one attached hydrogen (secondary N) is 2. The van der Waals surface area contributed by atoms with Crippen molar-refractivity contribution in [2.24, 2.45) is 0 Å². The molecule has 0 aliphatic heterocycles. The van der Waals surface area contributed by atoms with E-state index in [1.165, 1.54) is 4.31 Å². The highest BCUT2D eigenvalue weighted by atomic mass is 35.5. The summed E-state index contributed by atoms with van der Waals surface area (Å²) in [5.41, 5.74) is 1.93. The van der Waals surface area contributed by atoms with Crippen molar-refractivity contribution < 1.29 is 8.42 Å². The van der Waals surface area contributed by atoms with Crippen molar-refractivity contribution in [1.29, 1.82) is 0 Å². The minimum Gasteiger partial charge on any atom is -0.348 e. The van der Waals surface area contributed by atoms with Gasteiger partial charge in [-0.1, -0.05) is 23.7 Å². The second-order valence-electron chi connectivity index (χ2n) is 5.31. The molecule has 8 heteroatoms. The predicted molar refractivity (Wildman–Crippen MR) is 91.4 cm³/mol. The fraction of sp³-hybridized carbons (Fsp3) is 0.400. The molecule has 0 atom stereocenters. The molecule has 0 aliphatic carbocycles. The van der Waals surface area contributed by atoms with E-state index in [9.17, 15) is 8.42 Å². The van der Waals surface area contributed by atoms with Gasteiger partial charge in [0, 0.05) is 37.1 Å². The van der Waals surface area contributed by atoms with Crippen LogP contribution in [0.25, 0.3) is 0 Å². The third kappa shape index (κ3) is 5.95. The van der Waals surface area contributed by atoms with E-state index in [0.717, 1.165) is 30.5 Å². The van der Waals surface area contributed by atoms with E-state index in [2.05, 4.69) is 14.7 Å². The van der Waals surface area contributed by atoms with Crippen LogP contribution in [0.1, 0.15) is 24.1 Å². The Kier molecular flexibility index (Phi) is 6.59. The summed E-state index contributed by atoms with van der Waals surface area (Å²) in [6, 6.07) is 7.08. The van der Waals surface area contributed by atoms with Crippen molar-refractivity contribution in [3.63, 3.8) is 0 Å². The van der Waals surface area contributed by atoms with E-state index in [1.54, 1.807) is 43.8 Å². The first-order valence-corrected chi connectivity index (χ1v) is 9.22. The third-order valence-corrected chi connectivity index (χ3v) is 5.27. The molecule has 1 aromatic heterocycles. The van der Waals surface area contributed by atoms with Crippen LogP contribution in [0.2, 0.25) is 5.02 Å². The molecule has 0 aliphatic rings. The van der Waals surface area contributed by atoms with Crippen molar-refractivity contribution >= 4 is 21.8 Å². The number of aryl methyl sites for hydroxylation is 1. The van der Waals surface area contributed by atoms with Crippen molar-refractivity contribution in [2.75, 3.05) is 13.6 Å². The number of nitrogens with zero attached hydrogens (tertiary/aromatic N) is 2. The molecule has 2 N–H and O–H groups in total. The summed E-state index contributed by atoms with van der Waals surface area (Å²) in [5.74, 6) is 0. The first-order valence-electron chi connectivity index (χ1n) is 7.40. The Labute approximate surface area is 142 Å². The van der Waals surface area contributed by atoms with Gasteiger partial charge in [-0.15, -0.1) is 0 Å². The standard InChI is InChI=1S/C15H21ClN4O2S/c1-20(9-3-2-4-15-11-17-12-18-15)23(21,22)19-10-13-5-7-14(16)8-6-13/h5-8,11-12,19H,2-4,9-10H2,1H3,(H,17,18). The molecular weight excluding hydrogens is 336 g/mol. The highest BCUT2D eigenvalue weighted by Crippen LogP contribution is 2.10. The summed E-state index contributed by atoms with van der Waals surface area (Å²) >= 11 is 5.81. The SMILES string of the molecule is CN(CCCCc1cnc[nH]1)S(=O)(=O)NCc1ccc(Cl)cc1. The molecule has 1 aromatic carbocycles. The van der Waals surface area contributed by atoms with Gasteiger partial charge in [0.25, 0.3) is 10.2 Å². The van der Waals surface area contributed by atoms with Gasteiger partial charge in [-0.25, -0.2) is 4.98 Å². The zero-order valence-corrected chi connectivity index (χ0v) is 14.6. The lowest BCUT2D eigenvalue weighted by molar-refractivity contribution is 0.445. The van der Waals surface area contributed by atoms with E-state index in [4.69, 9.17) is 11.6 Å². The minimum absolute atomic E-state index is 0.248. The summed E-state index contributed by atoms with van der Waals surface area (Å²) in [4.78, 5) is 6.99. The molecule has 23 heavy (non-hydrogen) atoms. The number of halogens is 1. The highest BCUT2D eigenvalue weighted by Gasteiger charge is 2.16. The van der Waals surface area contributed by atoms with Crippen molar-refractivity contribution in [1.82, 2.24) is 19.0 Å². The van der Waals surface area contributed by atoms with Gasteiger partial charge in [0.1, 0.15) is 0 Å². The monoisotopic (exact) mass is 356 g/mol. The number of aromatic nitrogens is 2. The number of unbranched alkanes of at least 4 members (excludes halogenated alkanes) is 1. The number of aromatic amines is 1. The second kappa shape index (κ2) is 8.44. The molecule has 0 fully saturated rings. The number of imidazole rings is 1. The molecule has 0 bridgehead atoms. The molecule has 0 unspecified atom stereocenters. The lowest BCUT2D eigenvalue weighted by Crippen LogP contribution is -2.38. The van der Waals surface area contributed by atoms with Crippen LogP contribution in [0.5, 0.6) is 0 Å². The van der Waals surface area contributed by atoms with Gasteiger partial charge >= 0.3 is 0 Å². The molecule has 126 valence electrons. The maximum atomic E-state index is 12.2. The Hall–Kier alpha value is -1.41. The van der Waals surface area contributed by atoms with E-state index in [-0.39, 0.29) is 6.54 Å². The number of H-pyrrole nitrogens is 1. The zero-order valence-electron chi connectivity index (χ0n) is 13.0. The molecule has 0 amide bonds. The number of benzene rings is 1. The maximum Gasteiger partial charge on any atom is 0.279 e. The Balaban J connectivity index is 1.73. The highest BCUT2D eigenvalue weighted by molar-refractivity contribution is 7.87. The van der Waals surface area contributed by atoms with Crippen LogP contribution in [0.3, 0.4) is 0 Å². The molecule has 0 saturated heterocycles. The summed E-state index contributed by atoms with van der Waals surface area (Å²) in [5, 5.41) is 0.631. The molecule has 2 rings (SSSR count). The average Bonchev–Trinajstić information content (AvgIpc) is 3.04. The lowest BCUT2D eigenvalue weighted by atomic mass is 10.2. The smallest absolute Gasteiger partial charge is 0.279 e. The molecule has 6 nitrogen and oxygen atoms in total. The zero-order chi connectivity index (χ0) is 16.7. The summed E-state index contributed by atoms with van der Waals surface area (Å²) in [6.45, 7) is 0.724. The topological polar surface area (TPSA) is 78.1 Å². The first kappa shape index (κ1) is 17.9. The van der Waals surface area contributed by atoms with Gasteiger partial charge in [-0.3, -0.25) is 0 Å². The van der Waals surface area contributed by atoms with Gasteiger partial charge in [-0.2, -0.15) is 17.4 Å². The van der Waals surface area contributed by atoms with Gasteiger partial charge < -0.3 is 4.98 Å². The van der Waals surface area contributed by atoms with E-state index in [1.807, 2.05) is 0 Å². The van der Waals surface area contributed by atoms with Crippen LogP contribution in [0.4, 0.5) is 0 Å². The number of rotatable bonds is 9. The first-order chi connectivity index (χ1) is 11.0. The maximum absolute atomic E-state index is 12.2. The van der Waals surface area contributed by atoms with Gasteiger partial charge in [0.15, 0.2) is 0 Å². The van der Waals surface area contributed by atoms with Crippen LogP contribution >= 0.6 is 11.6 Å². The van der Waals surface area contributed by atoms with Crippen LogP contribution in [0.15, 0.2) is 36.8 Å². The number of hydrogen-bond donors (Lipinski definition) is 2. The third-order valence-electron chi connectivity index (χ3n) is 3.51. The Bertz CT molecular complexity index is 687. The summed E-state index contributed by atoms with van der Waals surface area (Å²) in [7, 11) is -1.89. The van der Waals surface area contributed by atoms with E-state index in [0.29, 0.717) is 11.6 Å². The molecule has 0 radical (unpaired) electrons. The molecule has 1 heterocycles. The van der Waals surface area contributed by atoms with Crippen molar-refractivity contribution in [3.8, 4) is 0 Å². The summed E-state index contributed by atoms with van der Waals surface area (Å²) in [6.07, 6.45) is 5.99. The molecular formula is C15H21ClN4O2S. The average molecular weight is 357 g/mol. The fourth-order valence-corrected chi connectivity index (χ4v) is 3.14. The van der Waals surface area contributed by atoms with Crippen LogP contribution in [0, 0.1) is 0 Å². The van der Waals surface area contributed by atoms with Crippen molar-refractivity contribution in [3.05, 3.63) is 53.1 Å².